The molecule has 2 heteroatoms. The van der Waals surface area contributed by atoms with Crippen LogP contribution in [0.1, 0.15) is 114 Å². The monoisotopic (exact) mass is 453 g/mol. The normalized spacial score (nSPS) is 12.3. The highest BCUT2D eigenvalue weighted by Gasteiger charge is 2.14. The first-order valence-electron chi connectivity index (χ1n) is 12.7. The van der Waals surface area contributed by atoms with Crippen LogP contribution in [0.3, 0.4) is 0 Å². The second-order valence-corrected chi connectivity index (χ2v) is 10.5. The quantitative estimate of drug-likeness (QED) is 0.303. The van der Waals surface area contributed by atoms with E-state index >= 15 is 0 Å². The van der Waals surface area contributed by atoms with Crippen LogP contribution in [0.2, 0.25) is 0 Å². The molecule has 0 saturated carbocycles. The molecule has 0 unspecified atom stereocenters. The zero-order valence-corrected chi connectivity index (χ0v) is 22.5. The second-order valence-electron chi connectivity index (χ2n) is 10.5. The number of para-hydroxylation sites is 3. The van der Waals surface area contributed by atoms with Crippen LogP contribution in [0.15, 0.2) is 65.7 Å². The third kappa shape index (κ3) is 5.60. The molecule has 0 fully saturated rings. The van der Waals surface area contributed by atoms with Crippen LogP contribution in [0, 0.1) is 0 Å². The summed E-state index contributed by atoms with van der Waals surface area (Å²) < 4.78 is 0. The highest BCUT2D eigenvalue weighted by Crippen LogP contribution is 2.44. The Morgan fingerprint density at radius 2 is 1.03 bits per heavy atom. The van der Waals surface area contributed by atoms with Crippen LogP contribution in [0.4, 0.5) is 17.1 Å². The second kappa shape index (κ2) is 11.0. The lowest BCUT2D eigenvalue weighted by atomic mass is 9.92. The van der Waals surface area contributed by atoms with Crippen LogP contribution in [0.5, 0.6) is 0 Å². The number of hydrogen-bond donors (Lipinski definition) is 0. The highest BCUT2D eigenvalue weighted by atomic mass is 14.9. The van der Waals surface area contributed by atoms with Gasteiger partial charge < -0.3 is 5.32 Å². The van der Waals surface area contributed by atoms with Crippen molar-refractivity contribution in [1.82, 2.24) is 0 Å². The van der Waals surface area contributed by atoms with Crippen molar-refractivity contribution in [3.8, 4) is 0 Å². The summed E-state index contributed by atoms with van der Waals surface area (Å²) >= 11 is 0. The summed E-state index contributed by atoms with van der Waals surface area (Å²) in [6.45, 7) is 20.1. The van der Waals surface area contributed by atoms with Gasteiger partial charge in [-0.3, -0.25) is 4.99 Å². The molecule has 0 atom stereocenters. The predicted octanol–water partition coefficient (Wildman–Crippen LogP) is 10.7. The van der Waals surface area contributed by atoms with E-state index in [0.717, 1.165) is 28.3 Å². The van der Waals surface area contributed by atoms with Gasteiger partial charge in [-0.25, -0.2) is 0 Å². The highest BCUT2D eigenvalue weighted by molar-refractivity contribution is 6.06. The Morgan fingerprint density at radius 1 is 0.588 bits per heavy atom. The van der Waals surface area contributed by atoms with E-state index in [0.29, 0.717) is 23.7 Å². The first kappa shape index (κ1) is 25.7. The van der Waals surface area contributed by atoms with Crippen molar-refractivity contribution in [2.75, 3.05) is 0 Å². The predicted molar refractivity (Wildman–Crippen MR) is 150 cm³/mol. The molecule has 2 nitrogen and oxygen atoms in total. The van der Waals surface area contributed by atoms with E-state index in [2.05, 4.69) is 123 Å². The molecule has 0 amide bonds. The van der Waals surface area contributed by atoms with Gasteiger partial charge in [-0.05, 0) is 47.3 Å². The largest absolute Gasteiger partial charge is 0.657 e. The standard InChI is InChI=1S/C32H41N2/c1-20(2)25-15-12-16-26(21(3)4)31(25)33-24(9)29-14-10-11-19-30(29)34-32-27(22(5)6)17-13-18-28(32)23(7)8/h10-23H,1-9H3/q-1. The minimum absolute atomic E-state index is 0.408. The fraction of sp³-hybridized carbons (Fsp3) is 0.406. The number of rotatable bonds is 8. The lowest BCUT2D eigenvalue weighted by molar-refractivity contribution is 0.834. The molecule has 0 spiro atoms. The van der Waals surface area contributed by atoms with Crippen molar-refractivity contribution in [3.05, 3.63) is 93.8 Å². The average molecular weight is 454 g/mol. The van der Waals surface area contributed by atoms with Crippen molar-refractivity contribution in [3.63, 3.8) is 0 Å². The molecule has 0 aliphatic heterocycles. The van der Waals surface area contributed by atoms with Crippen LogP contribution in [0.25, 0.3) is 5.32 Å². The summed E-state index contributed by atoms with van der Waals surface area (Å²) in [4.78, 5) is 5.25. The zero-order valence-electron chi connectivity index (χ0n) is 22.5. The van der Waals surface area contributed by atoms with Gasteiger partial charge in [0.2, 0.25) is 0 Å². The first-order valence-corrected chi connectivity index (χ1v) is 12.7. The fourth-order valence-corrected chi connectivity index (χ4v) is 4.51. The van der Waals surface area contributed by atoms with Crippen molar-refractivity contribution >= 4 is 22.8 Å². The molecule has 0 heterocycles. The van der Waals surface area contributed by atoms with E-state index < -0.39 is 0 Å². The molecule has 0 aliphatic carbocycles. The molecular weight excluding hydrogens is 412 g/mol. The van der Waals surface area contributed by atoms with Gasteiger partial charge in [0.25, 0.3) is 0 Å². The third-order valence-corrected chi connectivity index (χ3v) is 6.49. The van der Waals surface area contributed by atoms with Gasteiger partial charge >= 0.3 is 0 Å². The maximum atomic E-state index is 5.28. The summed E-state index contributed by atoms with van der Waals surface area (Å²) in [6, 6.07) is 21.6. The van der Waals surface area contributed by atoms with Crippen molar-refractivity contribution in [2.24, 2.45) is 4.99 Å². The Hall–Kier alpha value is -2.87. The molecule has 0 N–H and O–H groups in total. The Balaban J connectivity index is 2.14. The molecule has 3 aromatic rings. The number of aliphatic imine (C=N–C) groups is 1. The van der Waals surface area contributed by atoms with Gasteiger partial charge in [0, 0.05) is 5.71 Å². The summed E-state index contributed by atoms with van der Waals surface area (Å²) in [5.41, 5.74) is 10.5. The van der Waals surface area contributed by atoms with Gasteiger partial charge in [-0.15, -0.1) is 11.4 Å². The van der Waals surface area contributed by atoms with E-state index in [1.165, 1.54) is 22.3 Å². The Bertz CT molecular complexity index is 1100. The van der Waals surface area contributed by atoms with E-state index in [-0.39, 0.29) is 0 Å². The molecule has 0 aromatic heterocycles. The first-order chi connectivity index (χ1) is 16.1. The van der Waals surface area contributed by atoms with Crippen LogP contribution in [-0.4, -0.2) is 5.71 Å². The molecule has 180 valence electrons. The number of hydrogen-bond acceptors (Lipinski definition) is 1. The van der Waals surface area contributed by atoms with Crippen molar-refractivity contribution in [1.29, 1.82) is 0 Å². The molecule has 3 rings (SSSR count). The maximum absolute atomic E-state index is 5.28. The van der Waals surface area contributed by atoms with Gasteiger partial charge in [0.05, 0.1) is 5.69 Å². The van der Waals surface area contributed by atoms with Crippen LogP contribution in [-0.2, 0) is 0 Å². The van der Waals surface area contributed by atoms with E-state index in [9.17, 15) is 0 Å². The van der Waals surface area contributed by atoms with E-state index in [1.807, 2.05) is 0 Å². The molecule has 0 radical (unpaired) electrons. The Labute approximate surface area is 207 Å². The molecule has 3 aromatic carbocycles. The molecule has 0 aliphatic rings. The van der Waals surface area contributed by atoms with Gasteiger partial charge in [0.1, 0.15) is 0 Å². The number of nitrogens with zero attached hydrogens (tertiary/aromatic N) is 2. The van der Waals surface area contributed by atoms with Gasteiger partial charge in [-0.2, -0.15) is 0 Å². The van der Waals surface area contributed by atoms with Gasteiger partial charge in [-0.1, -0.05) is 127 Å². The molecular formula is C32H41N2-. The molecule has 0 saturated heterocycles. The number of benzene rings is 3. The fourth-order valence-electron chi connectivity index (χ4n) is 4.51. The van der Waals surface area contributed by atoms with Crippen molar-refractivity contribution < 1.29 is 0 Å². The van der Waals surface area contributed by atoms with E-state index in [4.69, 9.17) is 10.3 Å². The van der Waals surface area contributed by atoms with E-state index in [1.54, 1.807) is 0 Å². The molecule has 34 heavy (non-hydrogen) atoms. The Kier molecular flexibility index (Phi) is 8.36. The Morgan fingerprint density at radius 3 is 1.50 bits per heavy atom. The topological polar surface area (TPSA) is 26.5 Å². The maximum Gasteiger partial charge on any atom is 0.0702 e. The summed E-state index contributed by atoms with van der Waals surface area (Å²) in [5, 5.41) is 5.28. The smallest absolute Gasteiger partial charge is 0.0702 e. The SMILES string of the molecule is CC(=Nc1c(C(C)C)cccc1C(C)C)c1ccccc1[N-]c1c(C(C)C)cccc1C(C)C. The van der Waals surface area contributed by atoms with Gasteiger partial charge in [0.15, 0.2) is 0 Å². The minimum Gasteiger partial charge on any atom is -0.657 e. The van der Waals surface area contributed by atoms with Crippen molar-refractivity contribution in [2.45, 2.75) is 86.0 Å². The minimum atomic E-state index is 0.408. The lowest BCUT2D eigenvalue weighted by Gasteiger charge is -2.33. The van der Waals surface area contributed by atoms with Crippen LogP contribution >= 0.6 is 0 Å². The average Bonchev–Trinajstić information content (AvgIpc) is 2.79. The zero-order chi connectivity index (χ0) is 25.0. The van der Waals surface area contributed by atoms with Crippen LogP contribution < -0.4 is 0 Å². The summed E-state index contributed by atoms with van der Waals surface area (Å²) in [7, 11) is 0. The third-order valence-electron chi connectivity index (χ3n) is 6.49. The molecule has 0 bridgehead atoms. The summed E-state index contributed by atoms with van der Waals surface area (Å²) in [6.07, 6.45) is 0. The lowest BCUT2D eigenvalue weighted by Crippen LogP contribution is -2.00. The summed E-state index contributed by atoms with van der Waals surface area (Å²) in [5.74, 6) is 1.64.